The summed E-state index contributed by atoms with van der Waals surface area (Å²) in [4.78, 5) is 11.3. The normalized spacial score (nSPS) is 20.6. The van der Waals surface area contributed by atoms with E-state index in [1.54, 1.807) is 0 Å². The van der Waals surface area contributed by atoms with Gasteiger partial charge in [-0.2, -0.15) is 4.98 Å². The van der Waals surface area contributed by atoms with Crippen LogP contribution in [0.2, 0.25) is 10.2 Å². The van der Waals surface area contributed by atoms with E-state index in [4.69, 9.17) is 35.4 Å². The van der Waals surface area contributed by atoms with E-state index in [1.807, 2.05) is 18.2 Å². The molecule has 0 radical (unpaired) electrons. The van der Waals surface area contributed by atoms with Crippen LogP contribution in [0.4, 0.5) is 11.8 Å². The number of nitrogens with one attached hydrogen (secondary N) is 2. The zero-order valence-corrected chi connectivity index (χ0v) is 20.9. The van der Waals surface area contributed by atoms with Gasteiger partial charge in [0.15, 0.2) is 5.11 Å². The molecule has 2 fully saturated rings. The molecule has 1 atom stereocenters. The van der Waals surface area contributed by atoms with Gasteiger partial charge in [0.25, 0.3) is 0 Å². The zero-order valence-electron chi connectivity index (χ0n) is 18.5. The molecule has 0 unspecified atom stereocenters. The highest BCUT2D eigenvalue weighted by Crippen LogP contribution is 2.39. The quantitative estimate of drug-likeness (QED) is 0.383. The monoisotopic (exact) mass is 491 g/mol. The Balaban J connectivity index is 1.44. The fourth-order valence-electron chi connectivity index (χ4n) is 5.03. The maximum atomic E-state index is 6.31. The Bertz CT molecular complexity index is 948. The Kier molecular flexibility index (Phi) is 7.74. The standard InChI is InChI=1S/C24H31Cl2N5S/c1-17-7-6-12-31(15-17)21-14-20(26)28-22(29-21)30-23(32)27-16-24(10-3-2-4-11-24)18-8-5-9-19(25)13-18/h5,8-9,13-14,17H,2-4,6-7,10-12,15-16H2,1H3,(H2,27,28,29,30,32)/t17-/m0/s1. The first-order chi connectivity index (χ1) is 15.4. The number of aromatic nitrogens is 2. The second-order valence-electron chi connectivity index (χ2n) is 9.22. The summed E-state index contributed by atoms with van der Waals surface area (Å²) >= 11 is 18.2. The highest BCUT2D eigenvalue weighted by atomic mass is 35.5. The van der Waals surface area contributed by atoms with Crippen molar-refractivity contribution < 1.29 is 0 Å². The van der Waals surface area contributed by atoms with Gasteiger partial charge in [-0.05, 0) is 61.5 Å². The van der Waals surface area contributed by atoms with Crippen LogP contribution in [-0.2, 0) is 5.41 Å². The molecule has 0 spiro atoms. The summed E-state index contributed by atoms with van der Waals surface area (Å²) < 4.78 is 0. The van der Waals surface area contributed by atoms with Crippen LogP contribution in [0, 0.1) is 5.92 Å². The van der Waals surface area contributed by atoms with Gasteiger partial charge in [-0.15, -0.1) is 0 Å². The lowest BCUT2D eigenvalue weighted by atomic mass is 9.69. The third kappa shape index (κ3) is 5.83. The van der Waals surface area contributed by atoms with Crippen molar-refractivity contribution >= 4 is 52.3 Å². The molecule has 0 amide bonds. The Morgan fingerprint density at radius 2 is 1.97 bits per heavy atom. The minimum absolute atomic E-state index is 0.0270. The molecular weight excluding hydrogens is 461 g/mol. The molecule has 1 saturated carbocycles. The summed E-state index contributed by atoms with van der Waals surface area (Å²) in [5.74, 6) is 1.93. The number of anilines is 2. The first kappa shape index (κ1) is 23.5. The van der Waals surface area contributed by atoms with Gasteiger partial charge in [0, 0.05) is 36.1 Å². The van der Waals surface area contributed by atoms with Gasteiger partial charge in [-0.1, -0.05) is 61.5 Å². The third-order valence-electron chi connectivity index (χ3n) is 6.72. The molecular formula is C24H31Cl2N5S. The van der Waals surface area contributed by atoms with Crippen LogP contribution >= 0.6 is 35.4 Å². The Hall–Kier alpha value is -1.63. The van der Waals surface area contributed by atoms with Gasteiger partial charge >= 0.3 is 0 Å². The summed E-state index contributed by atoms with van der Waals surface area (Å²) in [5.41, 5.74) is 1.31. The summed E-state index contributed by atoms with van der Waals surface area (Å²) in [6.45, 7) is 4.99. The number of piperidine rings is 1. The summed E-state index contributed by atoms with van der Waals surface area (Å²) in [7, 11) is 0. The number of benzene rings is 1. The number of rotatable bonds is 5. The molecule has 5 nitrogen and oxygen atoms in total. The second-order valence-corrected chi connectivity index (χ2v) is 10.5. The van der Waals surface area contributed by atoms with Crippen molar-refractivity contribution in [2.24, 2.45) is 5.92 Å². The van der Waals surface area contributed by atoms with Gasteiger partial charge in [-0.25, -0.2) is 4.98 Å². The van der Waals surface area contributed by atoms with Crippen molar-refractivity contribution in [3.05, 3.63) is 46.1 Å². The second kappa shape index (κ2) is 10.5. The van der Waals surface area contributed by atoms with E-state index in [-0.39, 0.29) is 5.41 Å². The SMILES string of the molecule is C[C@H]1CCCN(c2cc(Cl)nc(NC(=S)NCC3(c4cccc(Cl)c4)CCCCC3)n2)C1. The molecule has 4 rings (SSSR count). The molecule has 0 bridgehead atoms. The van der Waals surface area contributed by atoms with Crippen molar-refractivity contribution in [3.8, 4) is 0 Å². The van der Waals surface area contributed by atoms with Crippen molar-refractivity contribution in [2.45, 2.75) is 57.3 Å². The summed E-state index contributed by atoms with van der Waals surface area (Å²) in [6.07, 6.45) is 8.35. The van der Waals surface area contributed by atoms with E-state index < -0.39 is 0 Å². The molecule has 32 heavy (non-hydrogen) atoms. The molecule has 2 aromatic rings. The molecule has 172 valence electrons. The van der Waals surface area contributed by atoms with Crippen LogP contribution in [0.1, 0.15) is 57.4 Å². The lowest BCUT2D eigenvalue weighted by molar-refractivity contribution is 0.292. The van der Waals surface area contributed by atoms with E-state index in [1.165, 1.54) is 31.2 Å². The van der Waals surface area contributed by atoms with Gasteiger partial charge in [0.05, 0.1) is 0 Å². The van der Waals surface area contributed by atoms with Crippen molar-refractivity contribution in [3.63, 3.8) is 0 Å². The summed E-state index contributed by atoms with van der Waals surface area (Å²) in [5, 5.41) is 8.29. The number of nitrogens with zero attached hydrogens (tertiary/aromatic N) is 3. The van der Waals surface area contributed by atoms with E-state index >= 15 is 0 Å². The predicted octanol–water partition coefficient (Wildman–Crippen LogP) is 6.21. The number of halogens is 2. The third-order valence-corrected chi connectivity index (χ3v) is 7.40. The molecule has 8 heteroatoms. The molecule has 1 aromatic carbocycles. The average Bonchev–Trinajstić information content (AvgIpc) is 2.78. The lowest BCUT2D eigenvalue weighted by Gasteiger charge is -2.38. The van der Waals surface area contributed by atoms with Gasteiger partial charge in [0.2, 0.25) is 5.95 Å². The van der Waals surface area contributed by atoms with Crippen molar-refractivity contribution in [1.82, 2.24) is 15.3 Å². The topological polar surface area (TPSA) is 53.1 Å². The van der Waals surface area contributed by atoms with Crippen LogP contribution in [0.25, 0.3) is 0 Å². The zero-order chi connectivity index (χ0) is 22.6. The predicted molar refractivity (Wildman–Crippen MR) is 138 cm³/mol. The first-order valence-electron chi connectivity index (χ1n) is 11.5. The van der Waals surface area contributed by atoms with Crippen LogP contribution in [0.3, 0.4) is 0 Å². The van der Waals surface area contributed by atoms with Crippen LogP contribution < -0.4 is 15.5 Å². The molecule has 1 aliphatic heterocycles. The van der Waals surface area contributed by atoms with Gasteiger partial charge < -0.3 is 15.5 Å². The Labute approximate surface area is 206 Å². The first-order valence-corrected chi connectivity index (χ1v) is 12.7. The van der Waals surface area contributed by atoms with Crippen LogP contribution in [-0.4, -0.2) is 34.7 Å². The number of hydrogen-bond donors (Lipinski definition) is 2. The molecule has 2 N–H and O–H groups in total. The van der Waals surface area contributed by atoms with Crippen molar-refractivity contribution in [1.29, 1.82) is 0 Å². The number of hydrogen-bond acceptors (Lipinski definition) is 4. The Morgan fingerprint density at radius 1 is 1.16 bits per heavy atom. The lowest BCUT2D eigenvalue weighted by Crippen LogP contribution is -2.43. The van der Waals surface area contributed by atoms with E-state index in [0.29, 0.717) is 22.1 Å². The fourth-order valence-corrected chi connectivity index (χ4v) is 5.56. The highest BCUT2D eigenvalue weighted by Gasteiger charge is 2.34. The Morgan fingerprint density at radius 3 is 2.72 bits per heavy atom. The minimum atomic E-state index is 0.0270. The highest BCUT2D eigenvalue weighted by molar-refractivity contribution is 7.80. The fraction of sp³-hybridized carbons (Fsp3) is 0.542. The van der Waals surface area contributed by atoms with Crippen LogP contribution in [0.15, 0.2) is 30.3 Å². The maximum absolute atomic E-state index is 6.31. The number of thiocarbonyl (C=S) groups is 1. The average molecular weight is 493 g/mol. The molecule has 2 aliphatic rings. The molecule has 1 aliphatic carbocycles. The van der Waals surface area contributed by atoms with Crippen molar-refractivity contribution in [2.75, 3.05) is 29.9 Å². The minimum Gasteiger partial charge on any atom is -0.361 e. The van der Waals surface area contributed by atoms with Crippen LogP contribution in [0.5, 0.6) is 0 Å². The summed E-state index contributed by atoms with van der Waals surface area (Å²) in [6, 6.07) is 10.1. The smallest absolute Gasteiger partial charge is 0.232 e. The molecule has 1 saturated heterocycles. The molecule has 2 heterocycles. The molecule has 1 aromatic heterocycles. The van der Waals surface area contributed by atoms with E-state index in [9.17, 15) is 0 Å². The maximum Gasteiger partial charge on any atom is 0.232 e. The van der Waals surface area contributed by atoms with Gasteiger partial charge in [-0.3, -0.25) is 0 Å². The van der Waals surface area contributed by atoms with Gasteiger partial charge in [0.1, 0.15) is 11.0 Å². The van der Waals surface area contributed by atoms with E-state index in [2.05, 4.69) is 44.6 Å². The van der Waals surface area contributed by atoms with E-state index in [0.717, 1.165) is 49.7 Å². The largest absolute Gasteiger partial charge is 0.361 e.